The van der Waals surface area contributed by atoms with E-state index in [1.54, 1.807) is 6.08 Å². The van der Waals surface area contributed by atoms with E-state index in [4.69, 9.17) is 4.74 Å². The smallest absolute Gasteiger partial charge is 0.318 e. The molecule has 1 fully saturated rings. The van der Waals surface area contributed by atoms with Crippen molar-refractivity contribution in [3.8, 4) is 0 Å². The number of amides is 1. The van der Waals surface area contributed by atoms with Crippen LogP contribution in [0.4, 0.5) is 0 Å². The van der Waals surface area contributed by atoms with Gasteiger partial charge in [-0.3, -0.25) is 0 Å². The molecule has 1 aromatic carbocycles. The van der Waals surface area contributed by atoms with Gasteiger partial charge in [-0.25, -0.2) is 4.79 Å². The van der Waals surface area contributed by atoms with E-state index < -0.39 is 12.1 Å². The normalized spacial score (nSPS) is 19.1. The second-order valence-electron chi connectivity index (χ2n) is 4.91. The van der Waals surface area contributed by atoms with Crippen molar-refractivity contribution in [2.45, 2.75) is 38.8 Å². The minimum absolute atomic E-state index is 0.441. The predicted octanol–water partition coefficient (Wildman–Crippen LogP) is 3.09. The van der Waals surface area contributed by atoms with Crippen LogP contribution in [0.2, 0.25) is 0 Å². The summed E-state index contributed by atoms with van der Waals surface area (Å²) < 4.78 is 5.74. The number of ether oxygens (including phenoxy) is 1. The highest BCUT2D eigenvalue weighted by atomic mass is 16.5. The first-order valence-corrected chi connectivity index (χ1v) is 7.09. The molecule has 0 aliphatic carbocycles. The standard InChI is InChI=1S/C16H20NO3/c1-2-13-6-8-14(9-7-13)10-11-15(18)17(19)16-5-3-4-12-20-16/h6-11,16H,2-5,12H2,1H3/q+1. The van der Waals surface area contributed by atoms with Gasteiger partial charge in [0, 0.05) is 11.3 Å². The van der Waals surface area contributed by atoms with E-state index in [9.17, 15) is 9.70 Å². The molecule has 0 spiro atoms. The van der Waals surface area contributed by atoms with Gasteiger partial charge in [0.2, 0.25) is 0 Å². The molecule has 1 aliphatic heterocycles. The molecule has 0 radical (unpaired) electrons. The Balaban J connectivity index is 1.95. The van der Waals surface area contributed by atoms with Gasteiger partial charge in [-0.05, 0) is 36.5 Å². The molecule has 2 rings (SSSR count). The van der Waals surface area contributed by atoms with Gasteiger partial charge in [-0.2, -0.15) is 0 Å². The summed E-state index contributed by atoms with van der Waals surface area (Å²) in [4.78, 5) is 23.6. The second-order valence-corrected chi connectivity index (χ2v) is 4.91. The molecule has 1 heterocycles. The Morgan fingerprint density at radius 1 is 1.35 bits per heavy atom. The Labute approximate surface area is 119 Å². The topological polar surface area (TPSA) is 46.4 Å². The van der Waals surface area contributed by atoms with Crippen LogP contribution in [0.15, 0.2) is 30.3 Å². The van der Waals surface area contributed by atoms with Gasteiger partial charge in [0.25, 0.3) is 0 Å². The molecule has 0 saturated carbocycles. The molecule has 1 unspecified atom stereocenters. The van der Waals surface area contributed by atoms with Crippen LogP contribution in [-0.4, -0.2) is 23.5 Å². The van der Waals surface area contributed by atoms with E-state index in [0.29, 0.717) is 17.8 Å². The fourth-order valence-electron chi connectivity index (χ4n) is 2.16. The molecule has 20 heavy (non-hydrogen) atoms. The molecule has 1 aliphatic rings. The molecule has 4 heteroatoms. The van der Waals surface area contributed by atoms with Gasteiger partial charge >= 0.3 is 12.1 Å². The maximum atomic E-state index is 11.8. The van der Waals surface area contributed by atoms with Crippen molar-refractivity contribution < 1.29 is 14.3 Å². The van der Waals surface area contributed by atoms with Crippen LogP contribution in [0, 0.1) is 4.91 Å². The number of nitroso groups, excluding NO2 is 1. The summed E-state index contributed by atoms with van der Waals surface area (Å²) in [5.41, 5.74) is 2.16. The monoisotopic (exact) mass is 274 g/mol. The average Bonchev–Trinajstić information content (AvgIpc) is 2.53. The van der Waals surface area contributed by atoms with Gasteiger partial charge in [-0.15, -0.1) is 0 Å². The van der Waals surface area contributed by atoms with Crippen molar-refractivity contribution in [1.82, 2.24) is 0 Å². The molecular weight excluding hydrogens is 254 g/mol. The van der Waals surface area contributed by atoms with Crippen LogP contribution >= 0.6 is 0 Å². The van der Waals surface area contributed by atoms with Gasteiger partial charge in [0.15, 0.2) is 0 Å². The molecule has 0 bridgehead atoms. The lowest BCUT2D eigenvalue weighted by molar-refractivity contribution is -0.560. The Kier molecular flexibility index (Phi) is 5.18. The van der Waals surface area contributed by atoms with Crippen LogP contribution in [0.3, 0.4) is 0 Å². The number of carbonyl (C=O) groups excluding carboxylic acids is 1. The van der Waals surface area contributed by atoms with E-state index in [-0.39, 0.29) is 0 Å². The molecule has 1 atom stereocenters. The third-order valence-corrected chi connectivity index (χ3v) is 3.44. The molecule has 4 nitrogen and oxygen atoms in total. The predicted molar refractivity (Wildman–Crippen MR) is 77.1 cm³/mol. The molecule has 106 valence electrons. The van der Waals surface area contributed by atoms with Crippen LogP contribution in [0.5, 0.6) is 0 Å². The minimum atomic E-state index is -0.622. The lowest BCUT2D eigenvalue weighted by atomic mass is 10.1. The quantitative estimate of drug-likeness (QED) is 0.626. The Morgan fingerprint density at radius 2 is 2.10 bits per heavy atom. The highest BCUT2D eigenvalue weighted by Crippen LogP contribution is 2.14. The van der Waals surface area contributed by atoms with Crippen LogP contribution < -0.4 is 0 Å². The van der Waals surface area contributed by atoms with Crippen molar-refractivity contribution in [2.24, 2.45) is 0 Å². The van der Waals surface area contributed by atoms with E-state index in [1.165, 1.54) is 11.6 Å². The molecular formula is C16H20NO3+. The summed E-state index contributed by atoms with van der Waals surface area (Å²) >= 11 is 0. The van der Waals surface area contributed by atoms with E-state index in [1.807, 2.05) is 24.3 Å². The lowest BCUT2D eigenvalue weighted by Crippen LogP contribution is -2.33. The number of aryl methyl sites for hydroxylation is 1. The second kappa shape index (κ2) is 7.10. The van der Waals surface area contributed by atoms with Crippen molar-refractivity contribution >= 4 is 12.0 Å². The van der Waals surface area contributed by atoms with Crippen LogP contribution in [-0.2, 0) is 16.0 Å². The summed E-state index contributed by atoms with van der Waals surface area (Å²) in [7, 11) is 0. The molecule has 0 aromatic heterocycles. The highest BCUT2D eigenvalue weighted by Gasteiger charge is 2.33. The average molecular weight is 274 g/mol. The van der Waals surface area contributed by atoms with Crippen molar-refractivity contribution in [3.63, 3.8) is 0 Å². The zero-order valence-corrected chi connectivity index (χ0v) is 11.7. The summed E-state index contributed by atoms with van der Waals surface area (Å²) in [6, 6.07) is 7.91. The summed E-state index contributed by atoms with van der Waals surface area (Å²) in [6.07, 6.45) is 5.84. The molecule has 0 N–H and O–H groups in total. The van der Waals surface area contributed by atoms with E-state index in [0.717, 1.165) is 24.8 Å². The maximum Gasteiger partial charge on any atom is 0.461 e. The molecule has 1 aromatic rings. The van der Waals surface area contributed by atoms with Crippen LogP contribution in [0.1, 0.15) is 37.3 Å². The van der Waals surface area contributed by atoms with Gasteiger partial charge in [0.05, 0.1) is 12.7 Å². The highest BCUT2D eigenvalue weighted by molar-refractivity contribution is 5.85. The number of hydrogen-bond acceptors (Lipinski definition) is 3. The molecule has 1 amide bonds. The zero-order chi connectivity index (χ0) is 14.4. The van der Waals surface area contributed by atoms with Gasteiger partial charge < -0.3 is 4.74 Å². The SMILES string of the molecule is CCc1ccc(C=CC(=O)[N+](=O)C2CCCCO2)cc1. The van der Waals surface area contributed by atoms with Crippen molar-refractivity contribution in [2.75, 3.05) is 6.61 Å². The number of carbonyl (C=O) groups is 1. The van der Waals surface area contributed by atoms with Gasteiger partial charge in [0.1, 0.15) is 4.76 Å². The first-order chi connectivity index (χ1) is 9.70. The Morgan fingerprint density at radius 3 is 2.70 bits per heavy atom. The largest absolute Gasteiger partial charge is 0.461 e. The molecule has 1 saturated heterocycles. The van der Waals surface area contributed by atoms with Crippen molar-refractivity contribution in [3.05, 3.63) is 46.4 Å². The third kappa shape index (κ3) is 3.84. The number of nitrogens with zero attached hydrogens (tertiary/aromatic N) is 1. The number of benzene rings is 1. The fourth-order valence-corrected chi connectivity index (χ4v) is 2.16. The Bertz CT molecular complexity index is 499. The lowest BCUT2D eigenvalue weighted by Gasteiger charge is -2.13. The zero-order valence-electron chi connectivity index (χ0n) is 11.7. The van der Waals surface area contributed by atoms with Crippen LogP contribution in [0.25, 0.3) is 6.08 Å². The van der Waals surface area contributed by atoms with Crippen molar-refractivity contribution in [1.29, 1.82) is 0 Å². The number of hydrogen-bond donors (Lipinski definition) is 0. The fraction of sp³-hybridized carbons (Fsp3) is 0.438. The van der Waals surface area contributed by atoms with E-state index in [2.05, 4.69) is 6.92 Å². The first kappa shape index (κ1) is 14.6. The summed E-state index contributed by atoms with van der Waals surface area (Å²) in [5.74, 6) is -0.559. The Hall–Kier alpha value is -1.81. The maximum absolute atomic E-state index is 11.8. The summed E-state index contributed by atoms with van der Waals surface area (Å²) in [6.45, 7) is 2.65. The van der Waals surface area contributed by atoms with E-state index >= 15 is 0 Å². The minimum Gasteiger partial charge on any atom is -0.318 e. The third-order valence-electron chi connectivity index (χ3n) is 3.44. The number of rotatable bonds is 4. The van der Waals surface area contributed by atoms with Gasteiger partial charge in [-0.1, -0.05) is 31.2 Å². The summed E-state index contributed by atoms with van der Waals surface area (Å²) in [5, 5.41) is 0. The first-order valence-electron chi connectivity index (χ1n) is 7.09.